The summed E-state index contributed by atoms with van der Waals surface area (Å²) in [7, 11) is 0. The Kier molecular flexibility index (Phi) is 8.43. The van der Waals surface area contributed by atoms with Crippen LogP contribution in [0.25, 0.3) is 0 Å². The molecule has 0 heterocycles. The number of rotatable bonds is 4. The summed E-state index contributed by atoms with van der Waals surface area (Å²) in [5, 5.41) is 0. The Morgan fingerprint density at radius 1 is 1.00 bits per heavy atom. The van der Waals surface area contributed by atoms with E-state index in [1.165, 1.54) is 13.8 Å². The molecule has 20 heavy (non-hydrogen) atoms. The minimum absolute atomic E-state index is 0.194. The Bertz CT molecular complexity index is 451. The number of carbonyl (C=O) groups is 2. The Balaban J connectivity index is 0.000000367. The van der Waals surface area contributed by atoms with Crippen LogP contribution < -0.4 is 4.74 Å². The first-order valence-electron chi connectivity index (χ1n) is 6.13. The van der Waals surface area contributed by atoms with Crippen molar-refractivity contribution in [2.45, 2.75) is 20.8 Å². The van der Waals surface area contributed by atoms with Gasteiger partial charge in [-0.25, -0.2) is 9.59 Å². The second-order valence-electron chi connectivity index (χ2n) is 3.98. The standard InChI is InChI=1S/C8H10O3.C8H10O/c1-5(2)7(9)11-8(10)6(3)4;1-2-9-8-6-4-3-5-7-8/h1,3H2,2,4H3;3-7H,2H2,1H3. The predicted molar refractivity (Wildman–Crippen MR) is 78.3 cm³/mol. The van der Waals surface area contributed by atoms with Crippen LogP contribution in [0.1, 0.15) is 20.8 Å². The number of hydrogen-bond donors (Lipinski definition) is 0. The summed E-state index contributed by atoms with van der Waals surface area (Å²) in [6.45, 7) is 12.3. The number of carbonyl (C=O) groups excluding carboxylic acids is 2. The fourth-order valence-electron chi connectivity index (χ4n) is 0.942. The van der Waals surface area contributed by atoms with Gasteiger partial charge in [-0.15, -0.1) is 0 Å². The Morgan fingerprint density at radius 2 is 1.45 bits per heavy atom. The first-order valence-corrected chi connectivity index (χ1v) is 6.13. The number of para-hydroxylation sites is 1. The van der Waals surface area contributed by atoms with Crippen molar-refractivity contribution in [1.29, 1.82) is 0 Å². The molecule has 0 aliphatic rings. The van der Waals surface area contributed by atoms with E-state index in [1.54, 1.807) is 0 Å². The molecule has 0 aliphatic carbocycles. The summed E-state index contributed by atoms with van der Waals surface area (Å²) in [6, 6.07) is 9.80. The lowest BCUT2D eigenvalue weighted by Gasteiger charge is -1.99. The monoisotopic (exact) mass is 276 g/mol. The van der Waals surface area contributed by atoms with E-state index in [4.69, 9.17) is 4.74 Å². The first-order chi connectivity index (χ1) is 9.38. The second-order valence-corrected chi connectivity index (χ2v) is 3.98. The maximum absolute atomic E-state index is 10.7. The molecule has 0 atom stereocenters. The van der Waals surface area contributed by atoms with E-state index in [1.807, 2.05) is 37.3 Å². The molecular weight excluding hydrogens is 256 g/mol. The van der Waals surface area contributed by atoms with Crippen molar-refractivity contribution in [2.75, 3.05) is 6.61 Å². The molecule has 0 N–H and O–H groups in total. The lowest BCUT2D eigenvalue weighted by atomic mass is 10.3. The second kappa shape index (κ2) is 9.55. The minimum Gasteiger partial charge on any atom is -0.494 e. The molecule has 1 aromatic rings. The number of benzene rings is 1. The molecule has 0 saturated heterocycles. The molecule has 4 nitrogen and oxygen atoms in total. The van der Waals surface area contributed by atoms with Crippen LogP contribution in [0.5, 0.6) is 5.75 Å². The van der Waals surface area contributed by atoms with Gasteiger partial charge in [0.2, 0.25) is 0 Å². The third kappa shape index (κ3) is 7.87. The highest BCUT2D eigenvalue weighted by Crippen LogP contribution is 2.06. The van der Waals surface area contributed by atoms with Gasteiger partial charge in [0.1, 0.15) is 5.75 Å². The van der Waals surface area contributed by atoms with Crippen molar-refractivity contribution in [2.24, 2.45) is 0 Å². The fraction of sp³-hybridized carbons (Fsp3) is 0.250. The molecule has 4 heteroatoms. The Morgan fingerprint density at radius 3 is 1.80 bits per heavy atom. The molecule has 1 rings (SSSR count). The summed E-state index contributed by atoms with van der Waals surface area (Å²) in [4.78, 5) is 21.3. The van der Waals surface area contributed by atoms with E-state index in [0.29, 0.717) is 0 Å². The first kappa shape index (κ1) is 17.6. The van der Waals surface area contributed by atoms with E-state index >= 15 is 0 Å². The van der Waals surface area contributed by atoms with Crippen molar-refractivity contribution in [1.82, 2.24) is 0 Å². The molecule has 1 aromatic carbocycles. The van der Waals surface area contributed by atoms with Crippen molar-refractivity contribution < 1.29 is 19.1 Å². The number of hydrogen-bond acceptors (Lipinski definition) is 4. The van der Waals surface area contributed by atoms with Crippen molar-refractivity contribution in [3.63, 3.8) is 0 Å². The van der Waals surface area contributed by atoms with Gasteiger partial charge in [0.05, 0.1) is 6.61 Å². The van der Waals surface area contributed by atoms with Crippen molar-refractivity contribution >= 4 is 11.9 Å². The molecule has 0 spiro atoms. The van der Waals surface area contributed by atoms with E-state index in [0.717, 1.165) is 12.4 Å². The maximum Gasteiger partial charge on any atom is 0.340 e. The maximum atomic E-state index is 10.7. The van der Waals surface area contributed by atoms with Gasteiger partial charge in [-0.05, 0) is 32.9 Å². The van der Waals surface area contributed by atoms with Crippen LogP contribution in [0, 0.1) is 0 Å². The van der Waals surface area contributed by atoms with Crippen LogP contribution >= 0.6 is 0 Å². The van der Waals surface area contributed by atoms with E-state index < -0.39 is 11.9 Å². The smallest absolute Gasteiger partial charge is 0.340 e. The van der Waals surface area contributed by atoms with Gasteiger partial charge < -0.3 is 9.47 Å². The fourth-order valence-corrected chi connectivity index (χ4v) is 0.942. The van der Waals surface area contributed by atoms with Gasteiger partial charge in [0.15, 0.2) is 0 Å². The molecule has 0 saturated carbocycles. The third-order valence-electron chi connectivity index (χ3n) is 1.94. The molecule has 0 fully saturated rings. The highest BCUT2D eigenvalue weighted by atomic mass is 16.6. The lowest BCUT2D eigenvalue weighted by molar-refractivity contribution is -0.153. The summed E-state index contributed by atoms with van der Waals surface area (Å²) >= 11 is 0. The van der Waals surface area contributed by atoms with Crippen LogP contribution in [0.2, 0.25) is 0 Å². The van der Waals surface area contributed by atoms with E-state index in [2.05, 4.69) is 17.9 Å². The lowest BCUT2D eigenvalue weighted by Crippen LogP contribution is -2.12. The zero-order chi connectivity index (χ0) is 15.5. The summed E-state index contributed by atoms with van der Waals surface area (Å²) in [5.41, 5.74) is 0.388. The van der Waals surface area contributed by atoms with Crippen LogP contribution in [-0.4, -0.2) is 18.5 Å². The number of esters is 2. The van der Waals surface area contributed by atoms with Crippen LogP contribution in [0.15, 0.2) is 54.6 Å². The number of ether oxygens (including phenoxy) is 2. The normalized spacial score (nSPS) is 8.75. The topological polar surface area (TPSA) is 52.6 Å². The molecular formula is C16H20O4. The minimum atomic E-state index is -0.710. The average Bonchev–Trinajstić information content (AvgIpc) is 2.40. The van der Waals surface area contributed by atoms with Crippen LogP contribution in [0.3, 0.4) is 0 Å². The molecule has 0 unspecified atom stereocenters. The van der Waals surface area contributed by atoms with Gasteiger partial charge in [-0.1, -0.05) is 31.4 Å². The Labute approximate surface area is 119 Å². The summed E-state index contributed by atoms with van der Waals surface area (Å²) < 4.78 is 9.50. The third-order valence-corrected chi connectivity index (χ3v) is 1.94. The highest BCUT2D eigenvalue weighted by molar-refractivity contribution is 6.00. The quantitative estimate of drug-likeness (QED) is 0.481. The van der Waals surface area contributed by atoms with Gasteiger partial charge in [-0.3, -0.25) is 0 Å². The van der Waals surface area contributed by atoms with Gasteiger partial charge >= 0.3 is 11.9 Å². The molecule has 108 valence electrons. The van der Waals surface area contributed by atoms with Gasteiger partial charge in [0.25, 0.3) is 0 Å². The largest absolute Gasteiger partial charge is 0.494 e. The highest BCUT2D eigenvalue weighted by Gasteiger charge is 2.10. The zero-order valence-corrected chi connectivity index (χ0v) is 12.1. The molecule has 0 amide bonds. The molecule has 0 radical (unpaired) electrons. The SMILES string of the molecule is C=C(C)C(=O)OC(=O)C(=C)C.CCOc1ccccc1. The predicted octanol–water partition coefficient (Wildman–Crippen LogP) is 3.29. The average molecular weight is 276 g/mol. The van der Waals surface area contributed by atoms with Gasteiger partial charge in [0, 0.05) is 11.1 Å². The van der Waals surface area contributed by atoms with Crippen molar-refractivity contribution in [3.8, 4) is 5.75 Å². The summed E-state index contributed by atoms with van der Waals surface area (Å²) in [6.07, 6.45) is 0. The molecule has 0 bridgehead atoms. The van der Waals surface area contributed by atoms with Crippen LogP contribution in [0.4, 0.5) is 0 Å². The van der Waals surface area contributed by atoms with Crippen LogP contribution in [-0.2, 0) is 14.3 Å². The van der Waals surface area contributed by atoms with Gasteiger partial charge in [-0.2, -0.15) is 0 Å². The molecule has 0 aliphatic heterocycles. The Hall–Kier alpha value is -2.36. The van der Waals surface area contributed by atoms with E-state index in [9.17, 15) is 9.59 Å². The van der Waals surface area contributed by atoms with E-state index in [-0.39, 0.29) is 11.1 Å². The van der Waals surface area contributed by atoms with Crippen molar-refractivity contribution in [3.05, 3.63) is 54.6 Å². The molecule has 0 aromatic heterocycles. The summed E-state index contributed by atoms with van der Waals surface area (Å²) in [5.74, 6) is -0.476. The zero-order valence-electron chi connectivity index (χ0n) is 12.1.